The van der Waals surface area contributed by atoms with Gasteiger partial charge in [0.25, 0.3) is 5.91 Å². The lowest BCUT2D eigenvalue weighted by Gasteiger charge is -2.32. The molecule has 3 rings (SSSR count). The van der Waals surface area contributed by atoms with Crippen molar-refractivity contribution in [2.24, 2.45) is 0 Å². The number of thiazole rings is 1. The molecule has 0 bridgehead atoms. The molecule has 1 saturated heterocycles. The summed E-state index contributed by atoms with van der Waals surface area (Å²) in [6.45, 7) is 7.30. The molecule has 7 nitrogen and oxygen atoms in total. The van der Waals surface area contributed by atoms with Gasteiger partial charge in [0.15, 0.2) is 0 Å². The van der Waals surface area contributed by atoms with Crippen molar-refractivity contribution in [2.75, 3.05) is 20.1 Å². The predicted molar refractivity (Wildman–Crippen MR) is 106 cm³/mol. The topological polar surface area (TPSA) is 75.9 Å². The fourth-order valence-corrected chi connectivity index (χ4v) is 4.08. The summed E-state index contributed by atoms with van der Waals surface area (Å²) >= 11 is 1.51. The van der Waals surface area contributed by atoms with Crippen molar-refractivity contribution >= 4 is 23.3 Å². The zero-order valence-corrected chi connectivity index (χ0v) is 17.6. The number of piperidine rings is 1. The molecular formula is C20H27N3O4S. The second-order valence-electron chi connectivity index (χ2n) is 8.05. The summed E-state index contributed by atoms with van der Waals surface area (Å²) in [5.74, 6) is 0.881. The number of furan rings is 1. The first-order chi connectivity index (χ1) is 13.2. The quantitative estimate of drug-likeness (QED) is 0.765. The minimum absolute atomic E-state index is 0.120. The number of nitrogens with zero attached hydrogens (tertiary/aromatic N) is 3. The predicted octanol–water partition coefficient (Wildman–Crippen LogP) is 4.12. The Hall–Kier alpha value is -2.35. The Morgan fingerprint density at radius 1 is 1.36 bits per heavy atom. The van der Waals surface area contributed by atoms with Gasteiger partial charge >= 0.3 is 6.09 Å². The number of carbonyl (C=O) groups is 2. The van der Waals surface area contributed by atoms with Gasteiger partial charge in [-0.3, -0.25) is 4.79 Å². The number of likely N-dealkylation sites (tertiary alicyclic amines) is 1. The molecule has 0 radical (unpaired) electrons. The van der Waals surface area contributed by atoms with E-state index in [1.165, 1.54) is 11.3 Å². The minimum Gasteiger partial charge on any atom is -0.467 e. The molecule has 2 aromatic heterocycles. The van der Waals surface area contributed by atoms with Gasteiger partial charge in [-0.05, 0) is 45.7 Å². The van der Waals surface area contributed by atoms with Crippen LogP contribution >= 0.6 is 11.3 Å². The van der Waals surface area contributed by atoms with E-state index in [-0.39, 0.29) is 17.9 Å². The summed E-state index contributed by atoms with van der Waals surface area (Å²) in [7, 11) is 1.74. The zero-order valence-electron chi connectivity index (χ0n) is 16.8. The van der Waals surface area contributed by atoms with Gasteiger partial charge in [0.2, 0.25) is 0 Å². The Morgan fingerprint density at radius 3 is 2.68 bits per heavy atom. The normalized spacial score (nSPS) is 15.5. The summed E-state index contributed by atoms with van der Waals surface area (Å²) in [5.41, 5.74) is -0.0242. The molecule has 0 atom stereocenters. The van der Waals surface area contributed by atoms with E-state index in [1.54, 1.807) is 29.2 Å². The monoisotopic (exact) mass is 405 g/mol. The summed E-state index contributed by atoms with van der Waals surface area (Å²) in [6.07, 6.45) is 2.98. The molecule has 3 heterocycles. The number of hydrogen-bond acceptors (Lipinski definition) is 6. The Kier molecular flexibility index (Phi) is 6.07. The smallest absolute Gasteiger partial charge is 0.410 e. The van der Waals surface area contributed by atoms with Crippen LogP contribution in [0.25, 0.3) is 0 Å². The van der Waals surface area contributed by atoms with Crippen molar-refractivity contribution in [3.63, 3.8) is 0 Å². The van der Waals surface area contributed by atoms with E-state index in [2.05, 4.69) is 4.98 Å². The van der Waals surface area contributed by atoms with E-state index < -0.39 is 5.60 Å². The van der Waals surface area contributed by atoms with Crippen LogP contribution in [0.4, 0.5) is 4.79 Å². The molecule has 0 spiro atoms. The fourth-order valence-electron chi connectivity index (χ4n) is 3.11. The SMILES string of the molecule is CN(Cc1ccco1)C(=O)c1csc(C2CCN(C(=O)OC(C)(C)C)CC2)n1. The van der Waals surface area contributed by atoms with Gasteiger partial charge in [0, 0.05) is 31.4 Å². The molecular weight excluding hydrogens is 378 g/mol. The first-order valence-corrected chi connectivity index (χ1v) is 10.3. The molecule has 2 aromatic rings. The van der Waals surface area contributed by atoms with Crippen LogP contribution in [0.15, 0.2) is 28.2 Å². The average Bonchev–Trinajstić information content (AvgIpc) is 3.31. The number of rotatable bonds is 4. The van der Waals surface area contributed by atoms with Crippen LogP contribution in [0.5, 0.6) is 0 Å². The molecule has 152 valence electrons. The Labute approximate surface area is 169 Å². The van der Waals surface area contributed by atoms with Gasteiger partial charge in [-0.25, -0.2) is 9.78 Å². The molecule has 0 unspecified atom stereocenters. The summed E-state index contributed by atoms with van der Waals surface area (Å²) in [4.78, 5) is 32.7. The van der Waals surface area contributed by atoms with E-state index in [9.17, 15) is 9.59 Å². The van der Waals surface area contributed by atoms with Gasteiger partial charge in [0.1, 0.15) is 17.1 Å². The van der Waals surface area contributed by atoms with E-state index >= 15 is 0 Å². The highest BCUT2D eigenvalue weighted by molar-refractivity contribution is 7.09. The van der Waals surface area contributed by atoms with Crippen LogP contribution in [0.3, 0.4) is 0 Å². The van der Waals surface area contributed by atoms with E-state index in [4.69, 9.17) is 9.15 Å². The molecule has 8 heteroatoms. The largest absolute Gasteiger partial charge is 0.467 e. The summed E-state index contributed by atoms with van der Waals surface area (Å²) < 4.78 is 10.7. The lowest BCUT2D eigenvalue weighted by Crippen LogP contribution is -2.41. The Bertz CT molecular complexity index is 802. The molecule has 2 amide bonds. The van der Waals surface area contributed by atoms with Gasteiger partial charge in [-0.15, -0.1) is 11.3 Å². The van der Waals surface area contributed by atoms with Crippen molar-refractivity contribution in [3.05, 3.63) is 40.2 Å². The second kappa shape index (κ2) is 8.34. The third-order valence-corrected chi connectivity index (χ3v) is 5.56. The van der Waals surface area contributed by atoms with Crippen LogP contribution in [-0.2, 0) is 11.3 Å². The Morgan fingerprint density at radius 2 is 2.07 bits per heavy atom. The van der Waals surface area contributed by atoms with Crippen molar-refractivity contribution in [3.8, 4) is 0 Å². The van der Waals surface area contributed by atoms with Crippen molar-refractivity contribution in [1.82, 2.24) is 14.8 Å². The molecule has 1 aliphatic rings. The van der Waals surface area contributed by atoms with Crippen LogP contribution in [0.2, 0.25) is 0 Å². The average molecular weight is 406 g/mol. The third-order valence-electron chi connectivity index (χ3n) is 4.56. The lowest BCUT2D eigenvalue weighted by atomic mass is 9.98. The number of aromatic nitrogens is 1. The number of ether oxygens (including phenoxy) is 1. The van der Waals surface area contributed by atoms with E-state index in [0.717, 1.165) is 23.6 Å². The van der Waals surface area contributed by atoms with Gasteiger partial charge in [-0.1, -0.05) is 0 Å². The van der Waals surface area contributed by atoms with Crippen LogP contribution in [0, 0.1) is 0 Å². The van der Waals surface area contributed by atoms with Crippen LogP contribution in [0.1, 0.15) is 60.8 Å². The molecule has 28 heavy (non-hydrogen) atoms. The van der Waals surface area contributed by atoms with Crippen molar-refractivity contribution in [1.29, 1.82) is 0 Å². The standard InChI is InChI=1S/C20H27N3O4S/c1-20(2,3)27-19(25)23-9-7-14(8-10-23)17-21-16(13-28-17)18(24)22(4)12-15-6-5-11-26-15/h5-6,11,13-14H,7-10,12H2,1-4H3. The van der Waals surface area contributed by atoms with E-state index in [1.807, 2.05) is 32.2 Å². The molecule has 0 aliphatic carbocycles. The van der Waals surface area contributed by atoms with E-state index in [0.29, 0.717) is 25.3 Å². The maximum Gasteiger partial charge on any atom is 0.410 e. The summed E-state index contributed by atoms with van der Waals surface area (Å²) in [6, 6.07) is 3.65. The zero-order chi connectivity index (χ0) is 20.3. The highest BCUT2D eigenvalue weighted by atomic mass is 32.1. The van der Waals surface area contributed by atoms with Crippen LogP contribution < -0.4 is 0 Å². The van der Waals surface area contributed by atoms with Crippen molar-refractivity contribution in [2.45, 2.75) is 51.7 Å². The van der Waals surface area contributed by atoms with Crippen molar-refractivity contribution < 1.29 is 18.7 Å². The van der Waals surface area contributed by atoms with Gasteiger partial charge < -0.3 is 19.0 Å². The van der Waals surface area contributed by atoms with Gasteiger partial charge in [-0.2, -0.15) is 0 Å². The summed E-state index contributed by atoms with van der Waals surface area (Å²) in [5, 5.41) is 2.77. The Balaban J connectivity index is 1.54. The first kappa shape index (κ1) is 20.4. The number of hydrogen-bond donors (Lipinski definition) is 0. The highest BCUT2D eigenvalue weighted by Gasteiger charge is 2.29. The first-order valence-electron chi connectivity index (χ1n) is 9.44. The molecule has 1 aliphatic heterocycles. The maximum absolute atomic E-state index is 12.6. The minimum atomic E-state index is -0.486. The fraction of sp³-hybridized carbons (Fsp3) is 0.550. The number of carbonyl (C=O) groups excluding carboxylic acids is 2. The van der Waals surface area contributed by atoms with Gasteiger partial charge in [0.05, 0.1) is 17.8 Å². The lowest BCUT2D eigenvalue weighted by molar-refractivity contribution is 0.0205. The molecule has 0 aromatic carbocycles. The maximum atomic E-state index is 12.6. The van der Waals surface area contributed by atoms with Crippen LogP contribution in [-0.4, -0.2) is 52.5 Å². The highest BCUT2D eigenvalue weighted by Crippen LogP contribution is 2.31. The number of amides is 2. The third kappa shape index (κ3) is 5.13. The molecule has 0 saturated carbocycles. The molecule has 1 fully saturated rings. The molecule has 0 N–H and O–H groups in total. The second-order valence-corrected chi connectivity index (χ2v) is 8.94.